The molecule has 0 bridgehead atoms. The van der Waals surface area contributed by atoms with E-state index >= 15 is 0 Å². The Morgan fingerprint density at radius 3 is 2.67 bits per heavy atom. The van der Waals surface area contributed by atoms with Crippen LogP contribution >= 0.6 is 0 Å². The number of nitro benzene ring substituents is 1. The Morgan fingerprint density at radius 1 is 1.36 bits per heavy atom. The second kappa shape index (κ2) is 11.0. The first-order chi connectivity index (χ1) is 16.9. The minimum atomic E-state index is -5.08. The van der Waals surface area contributed by atoms with Crippen molar-refractivity contribution in [3.05, 3.63) is 61.7 Å². The summed E-state index contributed by atoms with van der Waals surface area (Å²) in [7, 11) is 0. The maximum Gasteiger partial charge on any atom is 0.471 e. The number of hydrogen-bond donors (Lipinski definition) is 4. The minimum absolute atomic E-state index is 0.0268. The molecule has 3 atom stereocenters. The van der Waals surface area contributed by atoms with Crippen LogP contribution in [0.5, 0.6) is 0 Å². The van der Waals surface area contributed by atoms with Gasteiger partial charge < -0.3 is 30.7 Å². The molecular weight excluding hydrogens is 495 g/mol. The molecule has 1 fully saturated rings. The van der Waals surface area contributed by atoms with Crippen molar-refractivity contribution in [1.29, 1.82) is 0 Å². The van der Waals surface area contributed by atoms with Gasteiger partial charge >= 0.3 is 17.8 Å². The minimum Gasteiger partial charge on any atom is -0.394 e. The number of aromatic nitrogens is 2. The number of ether oxygens (including phenoxy) is 2. The van der Waals surface area contributed by atoms with Crippen LogP contribution in [0.3, 0.4) is 0 Å². The van der Waals surface area contributed by atoms with Crippen LogP contribution in [0.2, 0.25) is 0 Å². The summed E-state index contributed by atoms with van der Waals surface area (Å²) in [5.41, 5.74) is 5.00. The number of nitrogens with two attached hydrogens (primary N) is 1. The second-order valence-corrected chi connectivity index (χ2v) is 7.85. The number of nitrogens with zero attached hydrogens (tertiary/aromatic N) is 3. The van der Waals surface area contributed by atoms with Gasteiger partial charge in [-0.05, 0) is 11.6 Å². The predicted octanol–water partition coefficient (Wildman–Crippen LogP) is 0.270. The van der Waals surface area contributed by atoms with Gasteiger partial charge in [0, 0.05) is 30.8 Å². The third kappa shape index (κ3) is 6.34. The number of nitro groups is 1. The SMILES string of the molecule is Nc1nc(=O)n([C@H]2C[C@@H](O)[C@@H](CO)O2)cc1COCc1ccc(CNC(=O)C(F)(F)F)cc1[N+](=O)[O-]. The number of benzene rings is 1. The largest absolute Gasteiger partial charge is 0.471 e. The number of nitrogen functional groups attached to an aromatic ring is 1. The highest BCUT2D eigenvalue weighted by atomic mass is 19.4. The predicted molar refractivity (Wildman–Crippen MR) is 114 cm³/mol. The number of nitrogens with one attached hydrogen (secondary N) is 1. The fourth-order valence-electron chi connectivity index (χ4n) is 3.45. The summed E-state index contributed by atoms with van der Waals surface area (Å²) in [6.07, 6.45) is -6.51. The Labute approximate surface area is 200 Å². The fraction of sp³-hybridized carbons (Fsp3) is 0.450. The van der Waals surface area contributed by atoms with Crippen LogP contribution in [0.1, 0.15) is 29.3 Å². The Balaban J connectivity index is 1.69. The van der Waals surface area contributed by atoms with Gasteiger partial charge in [0.15, 0.2) is 0 Å². The Kier molecular flexibility index (Phi) is 8.24. The van der Waals surface area contributed by atoms with E-state index in [9.17, 15) is 43.1 Å². The van der Waals surface area contributed by atoms with E-state index in [4.69, 9.17) is 15.2 Å². The highest BCUT2D eigenvalue weighted by molar-refractivity contribution is 5.81. The zero-order valence-corrected chi connectivity index (χ0v) is 18.5. The van der Waals surface area contributed by atoms with Gasteiger partial charge in [0.25, 0.3) is 5.69 Å². The highest BCUT2D eigenvalue weighted by Crippen LogP contribution is 2.28. The fourth-order valence-corrected chi connectivity index (χ4v) is 3.45. The zero-order valence-electron chi connectivity index (χ0n) is 18.5. The van der Waals surface area contributed by atoms with Crippen molar-refractivity contribution in [1.82, 2.24) is 14.9 Å². The maximum atomic E-state index is 12.3. The number of aliphatic hydroxyl groups excluding tert-OH is 2. The maximum absolute atomic E-state index is 12.3. The summed E-state index contributed by atoms with van der Waals surface area (Å²) in [4.78, 5) is 37.5. The number of carbonyl (C=O) groups is 1. The average Bonchev–Trinajstić information content (AvgIpc) is 3.18. The standard InChI is InChI=1S/C20H22F3N5O8/c21-20(22,23)18(31)25-5-10-1-2-11(13(3-10)28(33)34)8-35-9-12-6-27(19(32)26-17(12)24)16-4-14(30)15(7-29)36-16/h1-3,6,14-16,29-30H,4-5,7-9H2,(H,25,31)(H2,24,26,32)/t14-,15-,16-/m1/s1. The lowest BCUT2D eigenvalue weighted by Crippen LogP contribution is -2.36. The molecule has 3 rings (SSSR count). The van der Waals surface area contributed by atoms with Crippen molar-refractivity contribution in [2.24, 2.45) is 0 Å². The van der Waals surface area contributed by atoms with Crippen LogP contribution in [0.15, 0.2) is 29.2 Å². The van der Waals surface area contributed by atoms with Gasteiger partial charge in [0.1, 0.15) is 18.1 Å². The summed E-state index contributed by atoms with van der Waals surface area (Å²) >= 11 is 0. The van der Waals surface area contributed by atoms with E-state index in [1.54, 1.807) is 5.32 Å². The number of alkyl halides is 3. The lowest BCUT2D eigenvalue weighted by atomic mass is 10.1. The van der Waals surface area contributed by atoms with Gasteiger partial charge in [-0.1, -0.05) is 6.07 Å². The number of halogens is 3. The van der Waals surface area contributed by atoms with Gasteiger partial charge in [0.05, 0.1) is 36.4 Å². The van der Waals surface area contributed by atoms with Gasteiger partial charge in [-0.3, -0.25) is 19.5 Å². The summed E-state index contributed by atoms with van der Waals surface area (Å²) in [5, 5.41) is 32.2. The molecule has 5 N–H and O–H groups in total. The molecule has 2 heterocycles. The number of rotatable bonds is 9. The van der Waals surface area contributed by atoms with Crippen molar-refractivity contribution in [3.63, 3.8) is 0 Å². The van der Waals surface area contributed by atoms with Crippen LogP contribution in [0.4, 0.5) is 24.7 Å². The van der Waals surface area contributed by atoms with Crippen molar-refractivity contribution < 1.29 is 42.6 Å². The lowest BCUT2D eigenvalue weighted by molar-refractivity contribution is -0.386. The number of amides is 1. The molecule has 1 aromatic heterocycles. The van der Waals surface area contributed by atoms with Gasteiger partial charge in [-0.15, -0.1) is 0 Å². The molecule has 196 valence electrons. The van der Waals surface area contributed by atoms with E-state index in [0.717, 1.165) is 10.6 Å². The molecule has 1 aromatic carbocycles. The van der Waals surface area contributed by atoms with Crippen molar-refractivity contribution in [2.45, 2.75) is 50.8 Å². The Hall–Kier alpha value is -3.60. The van der Waals surface area contributed by atoms with Crippen molar-refractivity contribution in [2.75, 3.05) is 12.3 Å². The summed E-state index contributed by atoms with van der Waals surface area (Å²) in [5.74, 6) is -2.33. The normalized spacial score (nSPS) is 19.9. The van der Waals surface area contributed by atoms with Crippen molar-refractivity contribution >= 4 is 17.4 Å². The van der Waals surface area contributed by atoms with E-state index in [2.05, 4.69) is 4.98 Å². The average molecular weight is 517 g/mol. The molecule has 2 aromatic rings. The molecular formula is C20H22F3N5O8. The van der Waals surface area contributed by atoms with E-state index in [1.165, 1.54) is 18.3 Å². The molecule has 13 nitrogen and oxygen atoms in total. The Bertz CT molecular complexity index is 1190. The van der Waals surface area contributed by atoms with E-state index < -0.39 is 60.0 Å². The van der Waals surface area contributed by atoms with E-state index in [0.29, 0.717) is 0 Å². The highest BCUT2D eigenvalue weighted by Gasteiger charge is 2.38. The smallest absolute Gasteiger partial charge is 0.394 e. The number of aliphatic hydroxyl groups is 2. The monoisotopic (exact) mass is 517 g/mol. The Morgan fingerprint density at radius 2 is 2.06 bits per heavy atom. The molecule has 0 aliphatic carbocycles. The first-order valence-corrected chi connectivity index (χ1v) is 10.4. The van der Waals surface area contributed by atoms with Gasteiger partial charge in [0.2, 0.25) is 0 Å². The van der Waals surface area contributed by atoms with Crippen LogP contribution in [-0.4, -0.2) is 55.6 Å². The number of hydrogen-bond acceptors (Lipinski definition) is 10. The molecule has 36 heavy (non-hydrogen) atoms. The first-order valence-electron chi connectivity index (χ1n) is 10.4. The van der Waals surface area contributed by atoms with Gasteiger partial charge in [-0.25, -0.2) is 4.79 Å². The molecule has 0 unspecified atom stereocenters. The quantitative estimate of drug-likeness (QED) is 0.265. The molecule has 0 spiro atoms. The molecule has 0 radical (unpaired) electrons. The number of anilines is 1. The van der Waals surface area contributed by atoms with Crippen molar-refractivity contribution in [3.8, 4) is 0 Å². The molecule has 1 amide bonds. The van der Waals surface area contributed by atoms with Gasteiger partial charge in [-0.2, -0.15) is 18.2 Å². The number of carbonyl (C=O) groups excluding carboxylic acids is 1. The van der Waals surface area contributed by atoms with Crippen LogP contribution in [0.25, 0.3) is 0 Å². The van der Waals surface area contributed by atoms with Crippen LogP contribution in [0, 0.1) is 10.1 Å². The summed E-state index contributed by atoms with van der Waals surface area (Å²) in [6.45, 7) is -1.54. The summed E-state index contributed by atoms with van der Waals surface area (Å²) < 4.78 is 49.0. The first kappa shape index (κ1) is 27.0. The third-order valence-corrected chi connectivity index (χ3v) is 5.33. The zero-order chi connectivity index (χ0) is 26.6. The van der Waals surface area contributed by atoms with Crippen LogP contribution < -0.4 is 16.7 Å². The lowest BCUT2D eigenvalue weighted by Gasteiger charge is -2.16. The third-order valence-electron chi connectivity index (χ3n) is 5.33. The molecule has 1 aliphatic rings. The van der Waals surface area contributed by atoms with E-state index in [1.807, 2.05) is 0 Å². The molecule has 16 heteroatoms. The topological polar surface area (TPSA) is 192 Å². The molecule has 0 saturated carbocycles. The van der Waals surface area contributed by atoms with E-state index in [-0.39, 0.29) is 42.1 Å². The second-order valence-electron chi connectivity index (χ2n) is 7.85. The van der Waals surface area contributed by atoms with Crippen LogP contribution in [-0.2, 0) is 34.0 Å². The summed E-state index contributed by atoms with van der Waals surface area (Å²) in [6, 6.07) is 3.60. The molecule has 1 aliphatic heterocycles. The molecule has 1 saturated heterocycles.